The second-order valence-corrected chi connectivity index (χ2v) is 5.86. The van der Waals surface area contributed by atoms with Gasteiger partial charge >= 0.3 is 0 Å². The Morgan fingerprint density at radius 3 is 2.44 bits per heavy atom. The number of aryl methyl sites for hydroxylation is 2. The summed E-state index contributed by atoms with van der Waals surface area (Å²) in [5.41, 5.74) is 9.31. The molecular weight excluding hydrogens is 222 g/mol. The molecule has 2 nitrogen and oxygen atoms in total. The van der Waals surface area contributed by atoms with Crippen molar-refractivity contribution in [3.05, 3.63) is 34.9 Å². The molecule has 1 aromatic rings. The summed E-state index contributed by atoms with van der Waals surface area (Å²) < 4.78 is 0. The van der Waals surface area contributed by atoms with E-state index in [-0.39, 0.29) is 11.2 Å². The minimum absolute atomic E-state index is 0.233. The van der Waals surface area contributed by atoms with E-state index < -0.39 is 0 Å². The monoisotopic (exact) mass is 243 g/mol. The molecule has 1 saturated carbocycles. The van der Waals surface area contributed by atoms with Crippen LogP contribution < -0.4 is 5.73 Å². The summed E-state index contributed by atoms with van der Waals surface area (Å²) in [5.74, 6) is 0.282. The molecule has 3 rings (SSSR count). The third-order valence-electron chi connectivity index (χ3n) is 4.79. The fourth-order valence-corrected chi connectivity index (χ4v) is 3.31. The predicted molar refractivity (Wildman–Crippen MR) is 72.8 cm³/mol. The fraction of sp³-hybridized carbons (Fsp3) is 0.562. The van der Waals surface area contributed by atoms with E-state index in [4.69, 9.17) is 5.73 Å². The summed E-state index contributed by atoms with van der Waals surface area (Å²) in [7, 11) is 0. The van der Waals surface area contributed by atoms with Crippen LogP contribution in [0.2, 0.25) is 0 Å². The maximum atomic E-state index is 12.6. The molecule has 0 radical (unpaired) electrons. The van der Waals surface area contributed by atoms with Gasteiger partial charge in [0.15, 0.2) is 5.78 Å². The van der Waals surface area contributed by atoms with Crippen LogP contribution in [-0.4, -0.2) is 12.3 Å². The smallest absolute Gasteiger partial charge is 0.170 e. The van der Waals surface area contributed by atoms with Gasteiger partial charge in [0.05, 0.1) is 0 Å². The third kappa shape index (κ3) is 1.79. The summed E-state index contributed by atoms with van der Waals surface area (Å²) in [6, 6.07) is 6.30. The van der Waals surface area contributed by atoms with Gasteiger partial charge in [-0.2, -0.15) is 0 Å². The highest BCUT2D eigenvalue weighted by molar-refractivity contribution is 6.01. The maximum Gasteiger partial charge on any atom is 0.170 e. The zero-order chi connectivity index (χ0) is 12.6. The summed E-state index contributed by atoms with van der Waals surface area (Å²) in [4.78, 5) is 12.6. The Balaban J connectivity index is 1.90. The van der Waals surface area contributed by atoms with E-state index in [1.165, 1.54) is 30.4 Å². The number of hydrogen-bond donors (Lipinski definition) is 1. The fourth-order valence-electron chi connectivity index (χ4n) is 3.31. The molecule has 0 saturated heterocycles. The lowest BCUT2D eigenvalue weighted by molar-refractivity contribution is 0.0636. The van der Waals surface area contributed by atoms with Crippen molar-refractivity contribution in [2.45, 2.75) is 44.9 Å². The van der Waals surface area contributed by atoms with Gasteiger partial charge in [0.25, 0.3) is 0 Å². The zero-order valence-electron chi connectivity index (χ0n) is 10.9. The molecule has 0 aliphatic heterocycles. The first-order valence-electron chi connectivity index (χ1n) is 7.12. The second kappa shape index (κ2) is 4.51. The summed E-state index contributed by atoms with van der Waals surface area (Å²) in [6.07, 6.45) is 7.93. The van der Waals surface area contributed by atoms with Crippen molar-refractivity contribution in [3.8, 4) is 0 Å². The summed E-state index contributed by atoms with van der Waals surface area (Å²) >= 11 is 0. The van der Waals surface area contributed by atoms with Crippen LogP contribution in [0.1, 0.15) is 53.6 Å². The van der Waals surface area contributed by atoms with Crippen molar-refractivity contribution in [1.82, 2.24) is 0 Å². The van der Waals surface area contributed by atoms with Crippen molar-refractivity contribution >= 4 is 5.78 Å². The Morgan fingerprint density at radius 1 is 1.11 bits per heavy atom. The van der Waals surface area contributed by atoms with E-state index in [0.717, 1.165) is 31.2 Å². The lowest BCUT2D eigenvalue weighted by Gasteiger charge is -2.39. The minimum atomic E-state index is -0.233. The number of Topliss-reactive ketones (excluding diaryl/α,β-unsaturated/α-hetero) is 1. The zero-order valence-corrected chi connectivity index (χ0v) is 10.9. The van der Waals surface area contributed by atoms with Crippen LogP contribution in [0.4, 0.5) is 0 Å². The quantitative estimate of drug-likeness (QED) is 0.829. The van der Waals surface area contributed by atoms with Gasteiger partial charge in [-0.05, 0) is 55.7 Å². The Labute approximate surface area is 109 Å². The Kier molecular flexibility index (Phi) is 2.98. The molecule has 0 amide bonds. The number of carbonyl (C=O) groups excluding carboxylic acids is 1. The number of carbonyl (C=O) groups is 1. The largest absolute Gasteiger partial charge is 0.329 e. The van der Waals surface area contributed by atoms with E-state index in [2.05, 4.69) is 12.1 Å². The van der Waals surface area contributed by atoms with Crippen molar-refractivity contribution in [3.63, 3.8) is 0 Å². The van der Waals surface area contributed by atoms with Gasteiger partial charge in [0.2, 0.25) is 0 Å². The van der Waals surface area contributed by atoms with Crippen LogP contribution in [-0.2, 0) is 12.8 Å². The van der Waals surface area contributed by atoms with Crippen LogP contribution >= 0.6 is 0 Å². The van der Waals surface area contributed by atoms with Gasteiger partial charge in [-0.3, -0.25) is 4.79 Å². The predicted octanol–water partition coefficient (Wildman–Crippen LogP) is 2.88. The second-order valence-electron chi connectivity index (χ2n) is 5.86. The first-order chi connectivity index (χ1) is 8.75. The van der Waals surface area contributed by atoms with Gasteiger partial charge in [-0.15, -0.1) is 0 Å². The average molecular weight is 243 g/mol. The van der Waals surface area contributed by atoms with Gasteiger partial charge in [0.1, 0.15) is 0 Å². The third-order valence-corrected chi connectivity index (χ3v) is 4.79. The van der Waals surface area contributed by atoms with Crippen LogP contribution in [0.25, 0.3) is 0 Å². The highest BCUT2D eigenvalue weighted by Crippen LogP contribution is 2.42. The van der Waals surface area contributed by atoms with E-state index >= 15 is 0 Å². The van der Waals surface area contributed by atoms with Gasteiger partial charge in [-0.1, -0.05) is 18.6 Å². The molecule has 0 heterocycles. The molecule has 2 aliphatic rings. The van der Waals surface area contributed by atoms with E-state index in [1.54, 1.807) is 0 Å². The Hall–Kier alpha value is -1.15. The highest BCUT2D eigenvalue weighted by Gasteiger charge is 2.43. The topological polar surface area (TPSA) is 43.1 Å². The molecule has 0 bridgehead atoms. The number of fused-ring (bicyclic) bond motifs is 1. The average Bonchev–Trinajstić information content (AvgIpc) is 2.37. The minimum Gasteiger partial charge on any atom is -0.329 e. The molecule has 18 heavy (non-hydrogen) atoms. The van der Waals surface area contributed by atoms with Crippen molar-refractivity contribution in [1.29, 1.82) is 0 Å². The van der Waals surface area contributed by atoms with Crippen molar-refractivity contribution < 1.29 is 4.79 Å². The molecule has 2 heteroatoms. The number of rotatable bonds is 3. The standard InChI is InChI=1S/C16H21NO/c17-11-16(8-3-9-16)15(18)14-7-6-12-4-1-2-5-13(12)10-14/h6-7,10H,1-5,8-9,11,17H2. The van der Waals surface area contributed by atoms with E-state index in [0.29, 0.717) is 6.54 Å². The SMILES string of the molecule is NCC1(C(=O)c2ccc3c(c2)CCCC3)CCC1. The normalized spacial score (nSPS) is 20.9. The van der Waals surface area contributed by atoms with Gasteiger partial charge in [0, 0.05) is 17.5 Å². The molecule has 0 aromatic heterocycles. The molecule has 2 N–H and O–H groups in total. The molecule has 1 fully saturated rings. The van der Waals surface area contributed by atoms with Gasteiger partial charge in [-0.25, -0.2) is 0 Å². The molecule has 1 aromatic carbocycles. The molecule has 0 atom stereocenters. The summed E-state index contributed by atoms with van der Waals surface area (Å²) in [5, 5.41) is 0. The number of benzene rings is 1. The first-order valence-corrected chi connectivity index (χ1v) is 7.12. The molecule has 96 valence electrons. The maximum absolute atomic E-state index is 12.6. The molecule has 0 unspecified atom stereocenters. The van der Waals surface area contributed by atoms with Crippen LogP contribution in [0.5, 0.6) is 0 Å². The molecular formula is C16H21NO. The Morgan fingerprint density at radius 2 is 1.83 bits per heavy atom. The van der Waals surface area contributed by atoms with E-state index in [1.807, 2.05) is 6.07 Å². The Bertz CT molecular complexity index is 468. The van der Waals surface area contributed by atoms with E-state index in [9.17, 15) is 4.79 Å². The molecule has 2 aliphatic carbocycles. The van der Waals surface area contributed by atoms with Crippen LogP contribution in [0, 0.1) is 5.41 Å². The molecule has 0 spiro atoms. The summed E-state index contributed by atoms with van der Waals surface area (Å²) in [6.45, 7) is 0.503. The number of ketones is 1. The van der Waals surface area contributed by atoms with Crippen molar-refractivity contribution in [2.75, 3.05) is 6.54 Å². The number of nitrogens with two attached hydrogens (primary N) is 1. The lowest BCUT2D eigenvalue weighted by atomic mass is 9.64. The van der Waals surface area contributed by atoms with Crippen LogP contribution in [0.3, 0.4) is 0 Å². The highest BCUT2D eigenvalue weighted by atomic mass is 16.1. The lowest BCUT2D eigenvalue weighted by Crippen LogP contribution is -2.44. The van der Waals surface area contributed by atoms with Crippen molar-refractivity contribution in [2.24, 2.45) is 11.1 Å². The van der Waals surface area contributed by atoms with Crippen LogP contribution in [0.15, 0.2) is 18.2 Å². The number of hydrogen-bond acceptors (Lipinski definition) is 2. The first kappa shape index (κ1) is 11.9. The van der Waals surface area contributed by atoms with Gasteiger partial charge < -0.3 is 5.73 Å².